The van der Waals surface area contributed by atoms with Crippen LogP contribution in [-0.2, 0) is 37.1 Å². The van der Waals surface area contributed by atoms with Gasteiger partial charge in [-0.15, -0.1) is 0 Å². The summed E-state index contributed by atoms with van der Waals surface area (Å²) in [5.41, 5.74) is 1.64. The average molecular weight is 574 g/mol. The van der Waals surface area contributed by atoms with Crippen LogP contribution in [0.5, 0.6) is 0 Å². The van der Waals surface area contributed by atoms with E-state index in [0.717, 1.165) is 11.1 Å². The first-order chi connectivity index (χ1) is 19.6. The fraction of sp³-hybridized carbons (Fsp3) is 0.423. The molecule has 2 rings (SSSR count). The number of carboxylic acid groups (broad SMARTS) is 3. The maximum absolute atomic E-state index is 12.4. The molecule has 2 amide bonds. The lowest BCUT2D eigenvalue weighted by molar-refractivity contribution is -0.141. The summed E-state index contributed by atoms with van der Waals surface area (Å²) < 4.78 is 0. The van der Waals surface area contributed by atoms with Crippen LogP contribution < -0.4 is 10.6 Å². The Morgan fingerprint density at radius 2 is 0.854 bits per heavy atom. The van der Waals surface area contributed by atoms with Crippen molar-refractivity contribution < 1.29 is 39.3 Å². The van der Waals surface area contributed by atoms with Gasteiger partial charge in [0.1, 0.15) is 0 Å². The minimum absolute atomic E-state index is 0.0631. The fourth-order valence-corrected chi connectivity index (χ4v) is 3.76. The number of aromatic nitrogens is 2. The number of pyridine rings is 2. The molecule has 0 atom stereocenters. The lowest BCUT2D eigenvalue weighted by Crippen LogP contribution is -2.47. The first-order valence-corrected chi connectivity index (χ1v) is 12.7. The second kappa shape index (κ2) is 18.0. The zero-order chi connectivity index (χ0) is 30.0. The van der Waals surface area contributed by atoms with Crippen LogP contribution in [-0.4, -0.2) is 129 Å². The van der Waals surface area contributed by atoms with E-state index in [0.29, 0.717) is 0 Å². The molecule has 2 aromatic rings. The van der Waals surface area contributed by atoms with Crippen LogP contribution in [0.15, 0.2) is 49.1 Å². The third kappa shape index (κ3) is 15.0. The van der Waals surface area contributed by atoms with E-state index in [9.17, 15) is 39.3 Å². The monoisotopic (exact) mass is 573 g/mol. The second-order valence-corrected chi connectivity index (χ2v) is 9.14. The molecule has 0 unspecified atom stereocenters. The van der Waals surface area contributed by atoms with Gasteiger partial charge in [-0.05, 0) is 35.4 Å². The normalized spacial score (nSPS) is 11.0. The van der Waals surface area contributed by atoms with Gasteiger partial charge in [0.2, 0.25) is 11.8 Å². The van der Waals surface area contributed by atoms with Crippen LogP contribution in [0.1, 0.15) is 11.1 Å². The van der Waals surface area contributed by atoms with Crippen molar-refractivity contribution in [1.29, 1.82) is 0 Å². The van der Waals surface area contributed by atoms with E-state index < -0.39 is 49.4 Å². The molecule has 0 spiro atoms. The Bertz CT molecular complexity index is 1060. The highest BCUT2D eigenvalue weighted by molar-refractivity contribution is 5.79. The first kappa shape index (κ1) is 32.7. The van der Waals surface area contributed by atoms with E-state index in [1.807, 2.05) is 0 Å². The highest BCUT2D eigenvalue weighted by Crippen LogP contribution is 2.00. The summed E-state index contributed by atoms with van der Waals surface area (Å²) >= 11 is 0. The van der Waals surface area contributed by atoms with Gasteiger partial charge in [0.05, 0.1) is 32.7 Å². The van der Waals surface area contributed by atoms with Crippen LogP contribution in [0.2, 0.25) is 0 Å². The van der Waals surface area contributed by atoms with Gasteiger partial charge in [-0.3, -0.25) is 48.6 Å². The molecule has 222 valence electrons. The Balaban J connectivity index is 1.92. The van der Waals surface area contributed by atoms with Gasteiger partial charge in [-0.2, -0.15) is 0 Å². The number of hydrogen-bond donors (Lipinski definition) is 5. The number of rotatable bonds is 20. The fourth-order valence-electron chi connectivity index (χ4n) is 3.76. The summed E-state index contributed by atoms with van der Waals surface area (Å²) in [4.78, 5) is 71.1. The van der Waals surface area contributed by atoms with Crippen LogP contribution in [0.3, 0.4) is 0 Å². The van der Waals surface area contributed by atoms with Crippen molar-refractivity contribution >= 4 is 29.7 Å². The number of nitrogens with zero attached hydrogens (tertiary/aromatic N) is 5. The van der Waals surface area contributed by atoms with E-state index in [1.165, 1.54) is 14.7 Å². The van der Waals surface area contributed by atoms with Crippen LogP contribution in [0.25, 0.3) is 0 Å². The standard InChI is InChI=1S/C26H35N7O8/c34-22(29-13-20-1-5-27-6-2-20)15-32(18-25(38)39)11-9-31(17-24(36)37)10-12-33(19-26(40)41)16-23(35)30-14-21-3-7-28-8-4-21/h1-8H,9-19H2,(H,29,34)(H,30,35)(H,36,37)(H,38,39)(H,40,41). The summed E-state index contributed by atoms with van der Waals surface area (Å²) in [5.74, 6) is -4.24. The summed E-state index contributed by atoms with van der Waals surface area (Å²) in [6.07, 6.45) is 6.34. The maximum Gasteiger partial charge on any atom is 0.317 e. The molecule has 0 saturated carbocycles. The highest BCUT2D eigenvalue weighted by Gasteiger charge is 2.20. The van der Waals surface area contributed by atoms with E-state index in [1.54, 1.807) is 49.1 Å². The number of amides is 2. The molecule has 0 radical (unpaired) electrons. The lowest BCUT2D eigenvalue weighted by atomic mass is 10.2. The SMILES string of the molecule is O=C(O)CN(CCN(CC(=O)O)CC(=O)NCc1ccncc1)CCN(CC(=O)O)CC(=O)NCc1ccncc1. The van der Waals surface area contributed by atoms with E-state index in [-0.39, 0.29) is 52.4 Å². The van der Waals surface area contributed by atoms with Gasteiger partial charge in [0.15, 0.2) is 0 Å². The van der Waals surface area contributed by atoms with Gasteiger partial charge in [0.25, 0.3) is 0 Å². The molecule has 0 aromatic carbocycles. The molecule has 0 bridgehead atoms. The number of hydrogen-bond acceptors (Lipinski definition) is 10. The largest absolute Gasteiger partial charge is 0.480 e. The third-order valence-corrected chi connectivity index (χ3v) is 5.75. The Morgan fingerprint density at radius 1 is 0.537 bits per heavy atom. The Morgan fingerprint density at radius 3 is 1.20 bits per heavy atom. The van der Waals surface area contributed by atoms with E-state index >= 15 is 0 Å². The number of carbonyl (C=O) groups is 5. The zero-order valence-electron chi connectivity index (χ0n) is 22.5. The van der Waals surface area contributed by atoms with Gasteiger partial charge in [-0.1, -0.05) is 0 Å². The molecule has 2 heterocycles. The number of aliphatic carboxylic acids is 3. The minimum Gasteiger partial charge on any atom is -0.480 e. The predicted octanol–water partition coefficient (Wildman–Crippen LogP) is -1.43. The van der Waals surface area contributed by atoms with Gasteiger partial charge < -0.3 is 26.0 Å². The lowest BCUT2D eigenvalue weighted by Gasteiger charge is -2.28. The molecule has 15 heteroatoms. The molecule has 0 aliphatic carbocycles. The van der Waals surface area contributed by atoms with Crippen molar-refractivity contribution in [2.75, 3.05) is 58.9 Å². The molecule has 2 aromatic heterocycles. The first-order valence-electron chi connectivity index (χ1n) is 12.7. The van der Waals surface area contributed by atoms with Gasteiger partial charge in [0, 0.05) is 64.1 Å². The predicted molar refractivity (Wildman–Crippen MR) is 144 cm³/mol. The molecule has 0 aliphatic rings. The minimum atomic E-state index is -1.15. The van der Waals surface area contributed by atoms with Crippen molar-refractivity contribution in [2.24, 2.45) is 0 Å². The van der Waals surface area contributed by atoms with Crippen molar-refractivity contribution in [2.45, 2.75) is 13.1 Å². The maximum atomic E-state index is 12.4. The number of carbonyl (C=O) groups excluding carboxylic acids is 2. The summed E-state index contributed by atoms with van der Waals surface area (Å²) in [6.45, 7) is -0.933. The van der Waals surface area contributed by atoms with Crippen LogP contribution in [0, 0.1) is 0 Å². The topological polar surface area (TPSA) is 206 Å². The number of nitrogens with one attached hydrogen (secondary N) is 2. The zero-order valence-corrected chi connectivity index (χ0v) is 22.5. The molecule has 0 saturated heterocycles. The quantitative estimate of drug-likeness (QED) is 0.123. The second-order valence-electron chi connectivity index (χ2n) is 9.14. The summed E-state index contributed by atoms with van der Waals surface area (Å²) in [6, 6.07) is 6.93. The smallest absolute Gasteiger partial charge is 0.317 e. The van der Waals surface area contributed by atoms with E-state index in [2.05, 4.69) is 20.6 Å². The molecular weight excluding hydrogens is 538 g/mol. The van der Waals surface area contributed by atoms with Crippen molar-refractivity contribution in [3.8, 4) is 0 Å². The highest BCUT2D eigenvalue weighted by atomic mass is 16.4. The molecule has 0 aliphatic heterocycles. The third-order valence-electron chi connectivity index (χ3n) is 5.75. The van der Waals surface area contributed by atoms with Crippen molar-refractivity contribution in [1.82, 2.24) is 35.3 Å². The summed E-state index contributed by atoms with van der Waals surface area (Å²) in [7, 11) is 0. The Kier molecular flexibility index (Phi) is 14.4. The number of carboxylic acids is 3. The molecule has 5 N–H and O–H groups in total. The van der Waals surface area contributed by atoms with Crippen molar-refractivity contribution in [3.05, 3.63) is 60.2 Å². The molecular formula is C26H35N7O8. The van der Waals surface area contributed by atoms with Crippen LogP contribution >= 0.6 is 0 Å². The Labute approximate surface area is 236 Å². The van der Waals surface area contributed by atoms with Crippen molar-refractivity contribution in [3.63, 3.8) is 0 Å². The Hall–Kier alpha value is -4.47. The summed E-state index contributed by atoms with van der Waals surface area (Å²) in [5, 5.41) is 33.3. The average Bonchev–Trinajstić information content (AvgIpc) is 2.92. The molecule has 41 heavy (non-hydrogen) atoms. The van der Waals surface area contributed by atoms with Crippen LogP contribution in [0.4, 0.5) is 0 Å². The molecule has 0 fully saturated rings. The van der Waals surface area contributed by atoms with Gasteiger partial charge in [-0.25, -0.2) is 0 Å². The van der Waals surface area contributed by atoms with Gasteiger partial charge >= 0.3 is 17.9 Å². The molecule has 15 nitrogen and oxygen atoms in total. The van der Waals surface area contributed by atoms with E-state index in [4.69, 9.17) is 0 Å².